The van der Waals surface area contributed by atoms with Gasteiger partial charge in [0, 0.05) is 16.0 Å². The Morgan fingerprint density at radius 1 is 1.00 bits per heavy atom. The number of aromatic nitrogens is 1. The Morgan fingerprint density at radius 3 is 2.53 bits per heavy atom. The van der Waals surface area contributed by atoms with Crippen LogP contribution < -0.4 is 4.74 Å². The Morgan fingerprint density at radius 2 is 1.84 bits per heavy atom. The second-order valence-corrected chi connectivity index (χ2v) is 5.11. The lowest BCUT2D eigenvalue weighted by Gasteiger charge is -2.06. The van der Waals surface area contributed by atoms with Crippen LogP contribution in [0.25, 0.3) is 11.3 Å². The summed E-state index contributed by atoms with van der Waals surface area (Å²) in [7, 11) is 0. The normalized spacial score (nSPS) is 10.4. The Balaban J connectivity index is 1.80. The largest absolute Gasteiger partial charge is 0.457 e. The van der Waals surface area contributed by atoms with E-state index in [1.807, 2.05) is 53.4 Å². The van der Waals surface area contributed by atoms with Crippen LogP contribution in [0.1, 0.15) is 0 Å². The Bertz CT molecular complexity index is 665. The molecule has 0 radical (unpaired) electrons. The highest BCUT2D eigenvalue weighted by Gasteiger charge is 2.01. The van der Waals surface area contributed by atoms with Crippen LogP contribution in [0.4, 0.5) is 0 Å². The maximum Gasteiger partial charge on any atom is 0.128 e. The van der Waals surface area contributed by atoms with Gasteiger partial charge in [-0.1, -0.05) is 17.7 Å². The minimum Gasteiger partial charge on any atom is -0.457 e. The van der Waals surface area contributed by atoms with E-state index in [-0.39, 0.29) is 0 Å². The fourth-order valence-electron chi connectivity index (χ4n) is 1.72. The fourth-order valence-corrected chi connectivity index (χ4v) is 2.46. The molecule has 2 aromatic carbocycles. The molecular formula is C15H10ClNOS. The maximum atomic E-state index is 5.92. The van der Waals surface area contributed by atoms with Crippen molar-refractivity contribution in [3.63, 3.8) is 0 Å². The lowest BCUT2D eigenvalue weighted by molar-refractivity contribution is 0.483. The summed E-state index contributed by atoms with van der Waals surface area (Å²) in [5, 5.41) is 2.68. The standard InChI is InChI=1S/C15H10ClNOS/c16-12-2-1-3-14(8-12)18-13-6-4-11(5-7-13)15-9-19-10-17-15/h1-10H. The van der Waals surface area contributed by atoms with Gasteiger partial charge in [0.1, 0.15) is 11.5 Å². The average Bonchev–Trinajstić information content (AvgIpc) is 2.94. The van der Waals surface area contributed by atoms with E-state index in [0.29, 0.717) is 5.02 Å². The van der Waals surface area contributed by atoms with E-state index in [1.165, 1.54) is 0 Å². The molecule has 1 aromatic heterocycles. The van der Waals surface area contributed by atoms with Crippen molar-refractivity contribution in [1.29, 1.82) is 0 Å². The zero-order valence-corrected chi connectivity index (χ0v) is 11.5. The van der Waals surface area contributed by atoms with Gasteiger partial charge >= 0.3 is 0 Å². The van der Waals surface area contributed by atoms with Crippen molar-refractivity contribution in [2.75, 3.05) is 0 Å². The predicted molar refractivity (Wildman–Crippen MR) is 79.1 cm³/mol. The summed E-state index contributed by atoms with van der Waals surface area (Å²) in [4.78, 5) is 4.27. The zero-order valence-electron chi connectivity index (χ0n) is 9.92. The van der Waals surface area contributed by atoms with Gasteiger partial charge in [-0.15, -0.1) is 11.3 Å². The van der Waals surface area contributed by atoms with Gasteiger partial charge in [0.05, 0.1) is 11.2 Å². The zero-order chi connectivity index (χ0) is 13.1. The SMILES string of the molecule is Clc1cccc(Oc2ccc(-c3cscn3)cc2)c1. The van der Waals surface area contributed by atoms with Gasteiger partial charge in [-0.05, 0) is 42.5 Å². The first-order valence-corrected chi connectivity index (χ1v) is 7.05. The molecule has 3 rings (SSSR count). The first-order valence-electron chi connectivity index (χ1n) is 5.73. The molecule has 4 heteroatoms. The minimum atomic E-state index is 0.664. The van der Waals surface area contributed by atoms with Gasteiger partial charge in [-0.25, -0.2) is 4.98 Å². The topological polar surface area (TPSA) is 22.1 Å². The third-order valence-electron chi connectivity index (χ3n) is 2.61. The molecule has 2 nitrogen and oxygen atoms in total. The van der Waals surface area contributed by atoms with Crippen molar-refractivity contribution >= 4 is 22.9 Å². The van der Waals surface area contributed by atoms with Crippen molar-refractivity contribution in [2.45, 2.75) is 0 Å². The summed E-state index contributed by atoms with van der Waals surface area (Å²) < 4.78 is 5.73. The van der Waals surface area contributed by atoms with Crippen LogP contribution in [-0.4, -0.2) is 4.98 Å². The van der Waals surface area contributed by atoms with E-state index in [2.05, 4.69) is 4.98 Å². The smallest absolute Gasteiger partial charge is 0.128 e. The molecule has 0 fully saturated rings. The van der Waals surface area contributed by atoms with E-state index >= 15 is 0 Å². The lowest BCUT2D eigenvalue weighted by Crippen LogP contribution is -1.84. The molecule has 0 atom stereocenters. The van der Waals surface area contributed by atoms with E-state index in [9.17, 15) is 0 Å². The molecule has 0 aliphatic rings. The van der Waals surface area contributed by atoms with E-state index in [1.54, 1.807) is 17.4 Å². The van der Waals surface area contributed by atoms with E-state index in [0.717, 1.165) is 22.8 Å². The summed E-state index contributed by atoms with van der Waals surface area (Å²) in [6.45, 7) is 0. The van der Waals surface area contributed by atoms with Gasteiger partial charge < -0.3 is 4.74 Å². The first-order chi connectivity index (χ1) is 9.31. The van der Waals surface area contributed by atoms with Crippen LogP contribution in [0, 0.1) is 0 Å². The van der Waals surface area contributed by atoms with Gasteiger partial charge in [0.25, 0.3) is 0 Å². The molecular weight excluding hydrogens is 278 g/mol. The lowest BCUT2D eigenvalue weighted by atomic mass is 10.2. The number of rotatable bonds is 3. The molecule has 0 saturated carbocycles. The van der Waals surface area contributed by atoms with Crippen molar-refractivity contribution in [3.8, 4) is 22.8 Å². The number of hydrogen-bond donors (Lipinski definition) is 0. The number of halogens is 1. The predicted octanol–water partition coefficient (Wildman–Crippen LogP) is 5.26. The highest BCUT2D eigenvalue weighted by atomic mass is 35.5. The minimum absolute atomic E-state index is 0.664. The number of hydrogen-bond acceptors (Lipinski definition) is 3. The van der Waals surface area contributed by atoms with Crippen LogP contribution in [0.15, 0.2) is 59.4 Å². The Hall–Kier alpha value is -1.84. The number of thiazole rings is 1. The summed E-state index contributed by atoms with van der Waals surface area (Å²) in [6, 6.07) is 15.2. The number of nitrogens with zero attached hydrogens (tertiary/aromatic N) is 1. The van der Waals surface area contributed by atoms with Gasteiger partial charge in [0.15, 0.2) is 0 Å². The molecule has 1 heterocycles. The van der Waals surface area contributed by atoms with Crippen LogP contribution in [0.5, 0.6) is 11.5 Å². The molecule has 0 bridgehead atoms. The van der Waals surface area contributed by atoms with Crippen LogP contribution >= 0.6 is 22.9 Å². The molecule has 0 N–H and O–H groups in total. The molecule has 0 amide bonds. The summed E-state index contributed by atoms with van der Waals surface area (Å²) in [6.07, 6.45) is 0. The van der Waals surface area contributed by atoms with Crippen LogP contribution in [0.3, 0.4) is 0 Å². The molecule has 0 saturated heterocycles. The molecule has 3 aromatic rings. The number of ether oxygens (including phenoxy) is 1. The highest BCUT2D eigenvalue weighted by molar-refractivity contribution is 7.07. The summed E-state index contributed by atoms with van der Waals surface area (Å²) in [5.41, 5.74) is 3.89. The van der Waals surface area contributed by atoms with Gasteiger partial charge in [-0.3, -0.25) is 0 Å². The molecule has 0 aliphatic heterocycles. The Kier molecular flexibility index (Phi) is 3.49. The second-order valence-electron chi connectivity index (χ2n) is 3.96. The van der Waals surface area contributed by atoms with Crippen LogP contribution in [0.2, 0.25) is 5.02 Å². The molecule has 19 heavy (non-hydrogen) atoms. The quantitative estimate of drug-likeness (QED) is 0.656. The van der Waals surface area contributed by atoms with Gasteiger partial charge in [-0.2, -0.15) is 0 Å². The molecule has 94 valence electrons. The second kappa shape index (κ2) is 5.43. The third-order valence-corrected chi connectivity index (χ3v) is 3.44. The van der Waals surface area contributed by atoms with Crippen molar-refractivity contribution < 1.29 is 4.74 Å². The molecule has 0 unspecified atom stereocenters. The summed E-state index contributed by atoms with van der Waals surface area (Å²) in [5.74, 6) is 1.51. The average molecular weight is 288 g/mol. The Labute approximate surface area is 120 Å². The highest BCUT2D eigenvalue weighted by Crippen LogP contribution is 2.26. The summed E-state index contributed by atoms with van der Waals surface area (Å²) >= 11 is 7.50. The molecule has 0 spiro atoms. The fraction of sp³-hybridized carbons (Fsp3) is 0. The maximum absolute atomic E-state index is 5.92. The van der Waals surface area contributed by atoms with Crippen molar-refractivity contribution in [2.24, 2.45) is 0 Å². The van der Waals surface area contributed by atoms with Crippen molar-refractivity contribution in [1.82, 2.24) is 4.98 Å². The monoisotopic (exact) mass is 287 g/mol. The van der Waals surface area contributed by atoms with Crippen LogP contribution in [-0.2, 0) is 0 Å². The van der Waals surface area contributed by atoms with E-state index in [4.69, 9.17) is 16.3 Å². The molecule has 0 aliphatic carbocycles. The number of benzene rings is 2. The third kappa shape index (κ3) is 2.95. The van der Waals surface area contributed by atoms with Crippen molar-refractivity contribution in [3.05, 3.63) is 64.4 Å². The van der Waals surface area contributed by atoms with E-state index < -0.39 is 0 Å². The first kappa shape index (κ1) is 12.2. The van der Waals surface area contributed by atoms with Gasteiger partial charge in [0.2, 0.25) is 0 Å².